The maximum absolute atomic E-state index is 11.9. The molecular weight excluding hydrogens is 310 g/mol. The highest BCUT2D eigenvalue weighted by Gasteiger charge is 2.14. The van der Waals surface area contributed by atoms with Gasteiger partial charge in [0.2, 0.25) is 0 Å². The van der Waals surface area contributed by atoms with Gasteiger partial charge < -0.3 is 15.4 Å². The van der Waals surface area contributed by atoms with Crippen LogP contribution < -0.4 is 10.6 Å². The minimum absolute atomic E-state index is 0.475. The van der Waals surface area contributed by atoms with Crippen molar-refractivity contribution in [3.8, 4) is 0 Å². The number of hydrogen-bond acceptors (Lipinski definition) is 5. The van der Waals surface area contributed by atoms with Crippen LogP contribution in [-0.2, 0) is 14.3 Å². The maximum Gasteiger partial charge on any atom is 0.313 e. The Morgan fingerprint density at radius 1 is 1.25 bits per heavy atom. The normalized spacial score (nSPS) is 15.3. The molecule has 0 unspecified atom stereocenters. The van der Waals surface area contributed by atoms with Crippen molar-refractivity contribution in [2.24, 2.45) is 0 Å². The number of H-pyrrole nitrogens is 1. The second-order valence-electron chi connectivity index (χ2n) is 5.69. The van der Waals surface area contributed by atoms with Gasteiger partial charge in [-0.15, -0.1) is 0 Å². The lowest BCUT2D eigenvalue weighted by molar-refractivity contribution is -0.136. The number of anilines is 1. The Kier molecular flexibility index (Phi) is 5.39. The molecule has 3 rings (SSSR count). The Balaban J connectivity index is 1.40. The summed E-state index contributed by atoms with van der Waals surface area (Å²) in [6.07, 6.45) is 2.50. The number of benzene rings is 1. The van der Waals surface area contributed by atoms with Gasteiger partial charge in [-0.3, -0.25) is 19.6 Å². The zero-order valence-corrected chi connectivity index (χ0v) is 13.4. The molecule has 128 valence electrons. The summed E-state index contributed by atoms with van der Waals surface area (Å²) in [6.45, 7) is 4.73. The third-order valence-corrected chi connectivity index (χ3v) is 3.95. The zero-order valence-electron chi connectivity index (χ0n) is 13.4. The highest BCUT2D eigenvalue weighted by Crippen LogP contribution is 2.16. The van der Waals surface area contributed by atoms with Gasteiger partial charge in [0.15, 0.2) is 0 Å². The number of carbonyl (C=O) groups is 2. The number of amides is 2. The summed E-state index contributed by atoms with van der Waals surface area (Å²) in [5.74, 6) is -1.29. The molecule has 1 aliphatic heterocycles. The zero-order chi connectivity index (χ0) is 16.8. The Labute approximate surface area is 139 Å². The van der Waals surface area contributed by atoms with Gasteiger partial charge >= 0.3 is 11.8 Å². The standard InChI is InChI=1S/C16H21N5O3/c22-15(17-4-1-5-21-6-8-24-9-7-21)16(23)19-13-3-2-12-11-18-20-14(12)10-13/h2-3,10-11H,1,4-9H2,(H,17,22)(H,18,20)(H,19,23). The molecule has 8 heteroatoms. The van der Waals surface area contributed by atoms with Crippen molar-refractivity contribution in [3.63, 3.8) is 0 Å². The number of aromatic nitrogens is 2. The van der Waals surface area contributed by atoms with Crippen LogP contribution in [0.15, 0.2) is 24.4 Å². The minimum atomic E-state index is -0.666. The largest absolute Gasteiger partial charge is 0.379 e. The van der Waals surface area contributed by atoms with E-state index in [0.717, 1.165) is 50.2 Å². The summed E-state index contributed by atoms with van der Waals surface area (Å²) in [4.78, 5) is 26.0. The summed E-state index contributed by atoms with van der Waals surface area (Å²) in [6, 6.07) is 5.31. The molecule has 2 heterocycles. The minimum Gasteiger partial charge on any atom is -0.379 e. The van der Waals surface area contributed by atoms with Gasteiger partial charge in [-0.25, -0.2) is 0 Å². The number of rotatable bonds is 5. The van der Waals surface area contributed by atoms with Crippen LogP contribution in [0.4, 0.5) is 5.69 Å². The Bertz CT molecular complexity index is 709. The van der Waals surface area contributed by atoms with E-state index >= 15 is 0 Å². The molecule has 2 aromatic rings. The average Bonchev–Trinajstić information content (AvgIpc) is 3.07. The Hall–Kier alpha value is -2.45. The van der Waals surface area contributed by atoms with E-state index in [1.807, 2.05) is 6.07 Å². The lowest BCUT2D eigenvalue weighted by Gasteiger charge is -2.26. The fraction of sp³-hybridized carbons (Fsp3) is 0.438. The van der Waals surface area contributed by atoms with Crippen LogP contribution in [0.2, 0.25) is 0 Å². The molecule has 0 radical (unpaired) electrons. The van der Waals surface area contributed by atoms with Crippen molar-refractivity contribution in [2.45, 2.75) is 6.42 Å². The quantitative estimate of drug-likeness (QED) is 0.542. The first kappa shape index (κ1) is 16.4. The molecule has 2 amide bonds. The molecule has 0 spiro atoms. The second-order valence-corrected chi connectivity index (χ2v) is 5.69. The van der Waals surface area contributed by atoms with Gasteiger partial charge in [-0.1, -0.05) is 0 Å². The summed E-state index contributed by atoms with van der Waals surface area (Å²) < 4.78 is 5.28. The molecular formula is C16H21N5O3. The van der Waals surface area contributed by atoms with E-state index in [2.05, 4.69) is 25.7 Å². The Morgan fingerprint density at radius 2 is 2.08 bits per heavy atom. The fourth-order valence-corrected chi connectivity index (χ4v) is 2.61. The van der Waals surface area contributed by atoms with Crippen LogP contribution in [0.1, 0.15) is 6.42 Å². The SMILES string of the molecule is O=C(NCCCN1CCOCC1)C(=O)Nc1ccc2cn[nH]c2c1. The smallest absolute Gasteiger partial charge is 0.313 e. The summed E-state index contributed by atoms with van der Waals surface area (Å²) >= 11 is 0. The number of ether oxygens (including phenoxy) is 1. The van der Waals surface area contributed by atoms with E-state index in [1.165, 1.54) is 0 Å². The van der Waals surface area contributed by atoms with Gasteiger partial charge in [0, 0.05) is 30.7 Å². The molecule has 1 aliphatic rings. The average molecular weight is 331 g/mol. The summed E-state index contributed by atoms with van der Waals surface area (Å²) in [5.41, 5.74) is 1.36. The summed E-state index contributed by atoms with van der Waals surface area (Å²) in [7, 11) is 0. The van der Waals surface area contributed by atoms with Crippen LogP contribution >= 0.6 is 0 Å². The van der Waals surface area contributed by atoms with Gasteiger partial charge in [0.05, 0.1) is 24.9 Å². The first-order valence-electron chi connectivity index (χ1n) is 8.05. The molecule has 0 aliphatic carbocycles. The number of nitrogens with zero attached hydrogens (tertiary/aromatic N) is 2. The van der Waals surface area contributed by atoms with E-state index < -0.39 is 11.8 Å². The van der Waals surface area contributed by atoms with Crippen LogP contribution in [0.25, 0.3) is 10.9 Å². The number of carbonyl (C=O) groups excluding carboxylic acids is 2. The number of aromatic amines is 1. The lowest BCUT2D eigenvalue weighted by atomic mass is 10.2. The summed E-state index contributed by atoms with van der Waals surface area (Å²) in [5, 5.41) is 12.9. The van der Waals surface area contributed by atoms with Crippen molar-refractivity contribution in [1.29, 1.82) is 0 Å². The topological polar surface area (TPSA) is 99.3 Å². The van der Waals surface area contributed by atoms with Crippen molar-refractivity contribution in [2.75, 3.05) is 44.7 Å². The maximum atomic E-state index is 11.9. The van der Waals surface area contributed by atoms with Crippen molar-refractivity contribution in [3.05, 3.63) is 24.4 Å². The van der Waals surface area contributed by atoms with Crippen molar-refractivity contribution < 1.29 is 14.3 Å². The van der Waals surface area contributed by atoms with Gasteiger partial charge in [0.25, 0.3) is 0 Å². The molecule has 0 bridgehead atoms. The molecule has 3 N–H and O–H groups in total. The Morgan fingerprint density at radius 3 is 2.92 bits per heavy atom. The molecule has 1 aromatic carbocycles. The first-order chi connectivity index (χ1) is 11.7. The van der Waals surface area contributed by atoms with E-state index in [-0.39, 0.29) is 0 Å². The van der Waals surface area contributed by atoms with E-state index in [9.17, 15) is 9.59 Å². The molecule has 0 atom stereocenters. The van der Waals surface area contributed by atoms with Crippen LogP contribution in [-0.4, -0.2) is 66.3 Å². The van der Waals surface area contributed by atoms with Crippen LogP contribution in [0, 0.1) is 0 Å². The number of morpholine rings is 1. The molecule has 1 aromatic heterocycles. The second kappa shape index (κ2) is 7.89. The molecule has 24 heavy (non-hydrogen) atoms. The first-order valence-corrected chi connectivity index (χ1v) is 8.05. The lowest BCUT2D eigenvalue weighted by Crippen LogP contribution is -2.39. The number of nitrogens with one attached hydrogen (secondary N) is 3. The van der Waals surface area contributed by atoms with Crippen LogP contribution in [0.5, 0.6) is 0 Å². The van der Waals surface area contributed by atoms with Gasteiger partial charge in [-0.05, 0) is 31.2 Å². The third kappa shape index (κ3) is 4.30. The van der Waals surface area contributed by atoms with Gasteiger partial charge in [-0.2, -0.15) is 5.10 Å². The predicted molar refractivity (Wildman–Crippen MR) is 89.6 cm³/mol. The fourth-order valence-electron chi connectivity index (χ4n) is 2.61. The predicted octanol–water partition coefficient (Wildman–Crippen LogP) is 0.340. The van der Waals surface area contributed by atoms with Crippen molar-refractivity contribution in [1.82, 2.24) is 20.4 Å². The third-order valence-electron chi connectivity index (χ3n) is 3.95. The molecule has 1 saturated heterocycles. The molecule has 8 nitrogen and oxygen atoms in total. The molecule has 0 saturated carbocycles. The molecule has 1 fully saturated rings. The van der Waals surface area contributed by atoms with Crippen molar-refractivity contribution >= 4 is 28.4 Å². The van der Waals surface area contributed by atoms with Crippen LogP contribution in [0.3, 0.4) is 0 Å². The highest BCUT2D eigenvalue weighted by atomic mass is 16.5. The highest BCUT2D eigenvalue weighted by molar-refractivity contribution is 6.39. The van der Waals surface area contributed by atoms with E-state index in [1.54, 1.807) is 18.3 Å². The monoisotopic (exact) mass is 331 g/mol. The van der Waals surface area contributed by atoms with Gasteiger partial charge in [0.1, 0.15) is 0 Å². The number of hydrogen-bond donors (Lipinski definition) is 3. The van der Waals surface area contributed by atoms with E-state index in [4.69, 9.17) is 4.74 Å². The van der Waals surface area contributed by atoms with E-state index in [0.29, 0.717) is 12.2 Å². The number of fused-ring (bicyclic) bond motifs is 1.